The van der Waals surface area contributed by atoms with Crippen LogP contribution < -0.4 is 11.2 Å². The van der Waals surface area contributed by atoms with E-state index in [1.54, 1.807) is 12.1 Å². The number of ether oxygens (including phenoxy) is 4. The molecule has 3 atom stereocenters. The third kappa shape index (κ3) is 7.28. The minimum atomic E-state index is -1.48. The van der Waals surface area contributed by atoms with Gasteiger partial charge in [-0.05, 0) is 30.2 Å². The van der Waals surface area contributed by atoms with Gasteiger partial charge < -0.3 is 23.5 Å². The highest BCUT2D eigenvalue weighted by Gasteiger charge is 2.39. The number of aromatic nitrogens is 4. The Morgan fingerprint density at radius 3 is 2.12 bits per heavy atom. The standard InChI is InChI=1S/C25H27BrN4O10/c1-11-6-17-18(7-16(11)8-26)30(23-21(27-17)24(35)29-25(36)28-23)9-19(38-13(3)32)22(40-15(5)34)20(39-14(4)33)10-37-12(2)31/h6-7,19-20,22H,8-10H2,1-5H3,(H,29,35,36). The first-order valence-electron chi connectivity index (χ1n) is 12.0. The van der Waals surface area contributed by atoms with Crippen LogP contribution >= 0.6 is 15.9 Å². The Labute approximate surface area is 235 Å². The summed E-state index contributed by atoms with van der Waals surface area (Å²) < 4.78 is 22.7. The number of halogens is 1. The molecule has 0 bridgehead atoms. The number of benzene rings is 1. The molecular formula is C25H27BrN4O10. The van der Waals surface area contributed by atoms with Gasteiger partial charge in [-0.15, -0.1) is 0 Å². The summed E-state index contributed by atoms with van der Waals surface area (Å²) in [6.45, 7) is 5.42. The van der Waals surface area contributed by atoms with Gasteiger partial charge in [-0.3, -0.25) is 29.0 Å². The van der Waals surface area contributed by atoms with Gasteiger partial charge in [0.2, 0.25) is 0 Å². The maximum Gasteiger partial charge on any atom is 0.349 e. The van der Waals surface area contributed by atoms with Gasteiger partial charge in [-0.2, -0.15) is 4.98 Å². The molecule has 0 aliphatic carbocycles. The molecule has 0 fully saturated rings. The highest BCUT2D eigenvalue weighted by molar-refractivity contribution is 9.08. The number of carbonyl (C=O) groups excluding carboxylic acids is 4. The minimum Gasteiger partial charge on any atom is -0.462 e. The summed E-state index contributed by atoms with van der Waals surface area (Å²) >= 11 is 3.43. The quantitative estimate of drug-likeness (QED) is 0.147. The predicted octanol–water partition coefficient (Wildman–Crippen LogP) is 1.15. The fraction of sp³-hybridized carbons (Fsp3) is 0.440. The van der Waals surface area contributed by atoms with Crippen LogP contribution in [0.5, 0.6) is 0 Å². The van der Waals surface area contributed by atoms with Crippen LogP contribution in [0.2, 0.25) is 0 Å². The largest absolute Gasteiger partial charge is 0.462 e. The molecule has 1 aromatic rings. The van der Waals surface area contributed by atoms with Gasteiger partial charge in [0.15, 0.2) is 29.8 Å². The number of hydrogen-bond acceptors (Lipinski definition) is 12. The molecule has 0 saturated heterocycles. The van der Waals surface area contributed by atoms with E-state index in [2.05, 4.69) is 30.9 Å². The lowest BCUT2D eigenvalue weighted by atomic mass is 10.1. The lowest BCUT2D eigenvalue weighted by Gasteiger charge is -2.32. The molecule has 0 amide bonds. The molecule has 0 aromatic heterocycles. The zero-order valence-corrected chi connectivity index (χ0v) is 23.9. The number of rotatable bonds is 10. The first-order chi connectivity index (χ1) is 18.8. The monoisotopic (exact) mass is 622 g/mol. The van der Waals surface area contributed by atoms with Gasteiger partial charge in [0.1, 0.15) is 6.61 Å². The average molecular weight is 623 g/mol. The fourth-order valence-electron chi connectivity index (χ4n) is 4.11. The van der Waals surface area contributed by atoms with E-state index in [-0.39, 0.29) is 18.1 Å². The van der Waals surface area contributed by atoms with Crippen molar-refractivity contribution in [2.24, 2.45) is 0 Å². The van der Waals surface area contributed by atoms with Crippen molar-refractivity contribution >= 4 is 50.8 Å². The van der Waals surface area contributed by atoms with E-state index in [0.717, 1.165) is 38.8 Å². The topological polar surface area (TPSA) is 186 Å². The number of hydrogen-bond donors (Lipinski definition) is 1. The summed E-state index contributed by atoms with van der Waals surface area (Å²) in [5.74, 6) is -3.22. The van der Waals surface area contributed by atoms with Crippen LogP contribution in [0.4, 0.5) is 0 Å². The molecule has 0 saturated carbocycles. The summed E-state index contributed by atoms with van der Waals surface area (Å²) in [6.07, 6.45) is -4.25. The van der Waals surface area contributed by atoms with E-state index in [1.807, 2.05) is 6.92 Å². The van der Waals surface area contributed by atoms with Crippen LogP contribution in [0.3, 0.4) is 0 Å². The van der Waals surface area contributed by atoms with Crippen molar-refractivity contribution in [3.8, 4) is 11.5 Å². The van der Waals surface area contributed by atoms with Crippen molar-refractivity contribution in [2.75, 3.05) is 6.61 Å². The molecular weight excluding hydrogens is 596 g/mol. The van der Waals surface area contributed by atoms with Gasteiger partial charge in [0.05, 0.1) is 17.6 Å². The highest BCUT2D eigenvalue weighted by Crippen LogP contribution is 2.27. The van der Waals surface area contributed by atoms with E-state index in [4.69, 9.17) is 18.9 Å². The second-order valence-electron chi connectivity index (χ2n) is 8.84. The van der Waals surface area contributed by atoms with Crippen LogP contribution in [0, 0.1) is 6.92 Å². The number of fused-ring (bicyclic) bond motifs is 2. The van der Waals surface area contributed by atoms with Crippen molar-refractivity contribution in [2.45, 2.75) is 64.8 Å². The summed E-state index contributed by atoms with van der Waals surface area (Å²) in [6, 6.07) is 3.49. The second-order valence-corrected chi connectivity index (χ2v) is 9.40. The molecule has 3 unspecified atom stereocenters. The Bertz CT molecular complexity index is 1550. The normalized spacial score (nSPS) is 13.3. The number of esters is 4. The molecule has 214 valence electrons. The van der Waals surface area contributed by atoms with Crippen LogP contribution in [-0.4, -0.2) is 68.3 Å². The number of carbonyl (C=O) groups is 4. The highest BCUT2D eigenvalue weighted by atomic mass is 79.9. The van der Waals surface area contributed by atoms with Gasteiger partial charge in [-0.25, -0.2) is 9.78 Å². The molecule has 1 aromatic carbocycles. The van der Waals surface area contributed by atoms with E-state index in [0.29, 0.717) is 16.4 Å². The number of aromatic amines is 1. The summed E-state index contributed by atoms with van der Waals surface area (Å²) in [5.41, 5.74) is 0.589. The van der Waals surface area contributed by atoms with E-state index >= 15 is 0 Å². The van der Waals surface area contributed by atoms with Gasteiger partial charge in [0.25, 0.3) is 5.56 Å². The molecule has 2 aliphatic heterocycles. The predicted molar refractivity (Wildman–Crippen MR) is 142 cm³/mol. The van der Waals surface area contributed by atoms with Gasteiger partial charge in [-0.1, -0.05) is 15.9 Å². The Kier molecular flexibility index (Phi) is 9.74. The molecule has 40 heavy (non-hydrogen) atoms. The third-order valence-electron chi connectivity index (χ3n) is 5.69. The lowest BCUT2D eigenvalue weighted by molar-refractivity contribution is -0.190. The summed E-state index contributed by atoms with van der Waals surface area (Å²) in [4.78, 5) is 83.1. The van der Waals surface area contributed by atoms with E-state index < -0.39 is 60.0 Å². The van der Waals surface area contributed by atoms with E-state index in [1.165, 1.54) is 4.57 Å². The molecule has 3 rings (SSSR count). The van der Waals surface area contributed by atoms with Crippen LogP contribution in [0.25, 0.3) is 22.6 Å². The molecule has 0 spiro atoms. The zero-order chi connectivity index (χ0) is 29.7. The van der Waals surface area contributed by atoms with Crippen molar-refractivity contribution in [3.05, 3.63) is 44.1 Å². The SMILES string of the molecule is CC(=O)OCC(OC(C)=O)C(OC(C)=O)C(Cn1c2nc(=O)[nH]c(=O)c-2nc2cc(C)c(CBr)cc21)OC(C)=O. The Balaban J connectivity index is 2.30. The number of H-pyrrole nitrogens is 1. The number of aryl methyl sites for hydroxylation is 1. The Morgan fingerprint density at radius 1 is 0.925 bits per heavy atom. The van der Waals surface area contributed by atoms with Crippen LogP contribution in [0.15, 0.2) is 21.7 Å². The maximum absolute atomic E-state index is 12.7. The first kappa shape index (κ1) is 30.4. The smallest absolute Gasteiger partial charge is 0.349 e. The van der Waals surface area contributed by atoms with Crippen LogP contribution in [0.1, 0.15) is 38.8 Å². The second kappa shape index (κ2) is 12.8. The molecule has 14 nitrogen and oxygen atoms in total. The van der Waals surface area contributed by atoms with Crippen molar-refractivity contribution in [1.82, 2.24) is 19.5 Å². The van der Waals surface area contributed by atoms with Gasteiger partial charge in [0, 0.05) is 33.0 Å². The average Bonchev–Trinajstić information content (AvgIpc) is 2.84. The number of alkyl halides is 1. The van der Waals surface area contributed by atoms with E-state index in [9.17, 15) is 28.8 Å². The molecule has 2 heterocycles. The van der Waals surface area contributed by atoms with Gasteiger partial charge >= 0.3 is 29.6 Å². The van der Waals surface area contributed by atoms with Crippen molar-refractivity contribution < 1.29 is 38.1 Å². The minimum absolute atomic E-state index is 0.131. The number of nitrogens with one attached hydrogen (secondary N) is 1. The van der Waals surface area contributed by atoms with Crippen molar-refractivity contribution in [3.63, 3.8) is 0 Å². The summed E-state index contributed by atoms with van der Waals surface area (Å²) in [7, 11) is 0. The Hall–Kier alpha value is -4.14. The fourth-order valence-corrected chi connectivity index (χ4v) is 4.71. The maximum atomic E-state index is 12.7. The van der Waals surface area contributed by atoms with Crippen molar-refractivity contribution in [1.29, 1.82) is 0 Å². The molecule has 2 aliphatic rings. The van der Waals surface area contributed by atoms with Crippen LogP contribution in [-0.2, 0) is 50.0 Å². The zero-order valence-electron chi connectivity index (χ0n) is 22.3. The molecule has 0 radical (unpaired) electrons. The number of nitrogens with zero attached hydrogens (tertiary/aromatic N) is 3. The summed E-state index contributed by atoms with van der Waals surface area (Å²) in [5, 5.41) is 0.461. The molecule has 1 N–H and O–H groups in total. The first-order valence-corrected chi connectivity index (χ1v) is 13.1. The Morgan fingerprint density at radius 2 is 1.55 bits per heavy atom. The lowest BCUT2D eigenvalue weighted by Crippen LogP contribution is -2.49. The third-order valence-corrected chi connectivity index (χ3v) is 6.30. The molecule has 15 heteroatoms.